The number of amides is 1. The highest BCUT2D eigenvalue weighted by Crippen LogP contribution is 2.42. The van der Waals surface area contributed by atoms with E-state index in [1.54, 1.807) is 23.1 Å². The first-order chi connectivity index (χ1) is 16.2. The molecule has 0 bridgehead atoms. The Hall–Kier alpha value is -3.03. The fourth-order valence-corrected chi connectivity index (χ4v) is 5.42. The lowest BCUT2D eigenvalue weighted by Crippen LogP contribution is -2.29. The molecule has 2 aromatic carbocycles. The first kappa shape index (κ1) is 22.7. The van der Waals surface area contributed by atoms with E-state index in [4.69, 9.17) is 16.0 Å². The van der Waals surface area contributed by atoms with E-state index in [9.17, 15) is 9.59 Å². The van der Waals surface area contributed by atoms with Crippen molar-refractivity contribution in [2.45, 2.75) is 52.0 Å². The molecule has 1 aliphatic rings. The Morgan fingerprint density at radius 1 is 1.09 bits per heavy atom. The van der Waals surface area contributed by atoms with Gasteiger partial charge >= 0.3 is 0 Å². The van der Waals surface area contributed by atoms with Crippen molar-refractivity contribution in [2.75, 3.05) is 4.90 Å². The van der Waals surface area contributed by atoms with Crippen LogP contribution in [-0.2, 0) is 11.8 Å². The maximum absolute atomic E-state index is 13.7. The molecule has 0 saturated heterocycles. The number of fused-ring (bicyclic) bond motifs is 2. The summed E-state index contributed by atoms with van der Waals surface area (Å²) in [5, 5.41) is 10.6. The Morgan fingerprint density at radius 2 is 1.82 bits per heavy atom. The summed E-state index contributed by atoms with van der Waals surface area (Å²) in [6.07, 6.45) is 1.70. The van der Waals surface area contributed by atoms with Crippen molar-refractivity contribution in [2.24, 2.45) is 0 Å². The molecular formula is C26H24ClN3O3S. The number of benzene rings is 2. The van der Waals surface area contributed by atoms with Gasteiger partial charge < -0.3 is 4.42 Å². The zero-order chi connectivity index (χ0) is 24.2. The van der Waals surface area contributed by atoms with Crippen LogP contribution >= 0.6 is 22.9 Å². The molecule has 1 atom stereocenters. The molecule has 5 rings (SSSR count). The summed E-state index contributed by atoms with van der Waals surface area (Å²) in [4.78, 5) is 28.9. The molecule has 6 nitrogen and oxygen atoms in total. The molecule has 2 aromatic heterocycles. The molecule has 0 spiro atoms. The molecule has 0 N–H and O–H groups in total. The zero-order valence-electron chi connectivity index (χ0n) is 19.4. The minimum Gasteiger partial charge on any atom is -0.450 e. The van der Waals surface area contributed by atoms with Gasteiger partial charge in [-0.05, 0) is 41.2 Å². The molecule has 1 unspecified atom stereocenters. The van der Waals surface area contributed by atoms with E-state index in [1.165, 1.54) is 11.3 Å². The van der Waals surface area contributed by atoms with Crippen molar-refractivity contribution >= 4 is 44.9 Å². The number of nitrogens with zero attached hydrogens (tertiary/aromatic N) is 3. The second-order valence-electron chi connectivity index (χ2n) is 9.49. The summed E-state index contributed by atoms with van der Waals surface area (Å²) < 4.78 is 5.99. The Bertz CT molecular complexity index is 1470. The molecule has 8 heteroatoms. The highest BCUT2D eigenvalue weighted by atomic mass is 35.5. The molecule has 1 amide bonds. The molecule has 0 aliphatic carbocycles. The standard InChI is InChI=1S/C26H24ClN3O3S/c1-5-6-19-28-29-25(34-19)30-21(14-7-9-15(10-8-14)26(2,3)4)20-22(31)17-13-16(27)11-12-18(17)33-23(20)24(30)32/h7-13,21H,5-6H2,1-4H3. The van der Waals surface area contributed by atoms with Crippen molar-refractivity contribution in [1.82, 2.24) is 10.2 Å². The Kier molecular flexibility index (Phi) is 5.57. The number of hydrogen-bond acceptors (Lipinski definition) is 6. The van der Waals surface area contributed by atoms with E-state index >= 15 is 0 Å². The van der Waals surface area contributed by atoms with Gasteiger partial charge in [0.1, 0.15) is 10.6 Å². The topological polar surface area (TPSA) is 76.3 Å². The van der Waals surface area contributed by atoms with Crippen molar-refractivity contribution < 1.29 is 9.21 Å². The lowest BCUT2D eigenvalue weighted by molar-refractivity contribution is 0.0970. The Labute approximate surface area is 206 Å². The Balaban J connectivity index is 1.73. The van der Waals surface area contributed by atoms with E-state index in [-0.39, 0.29) is 16.6 Å². The second kappa shape index (κ2) is 8.32. The van der Waals surface area contributed by atoms with Crippen molar-refractivity contribution in [1.29, 1.82) is 0 Å². The van der Waals surface area contributed by atoms with Gasteiger partial charge in [0.25, 0.3) is 5.91 Å². The SMILES string of the molecule is CCCc1nnc(N2C(=O)c3oc4ccc(Cl)cc4c(=O)c3C2c2ccc(C(C)(C)C)cc2)s1. The fraction of sp³-hybridized carbons (Fsp3) is 0.308. The summed E-state index contributed by atoms with van der Waals surface area (Å²) in [6.45, 7) is 8.49. The molecule has 0 radical (unpaired) electrons. The fourth-order valence-electron chi connectivity index (χ4n) is 4.28. The number of hydrogen-bond donors (Lipinski definition) is 0. The van der Waals surface area contributed by atoms with Crippen LogP contribution in [0.5, 0.6) is 0 Å². The molecule has 4 aromatic rings. The van der Waals surface area contributed by atoms with Crippen molar-refractivity contribution in [3.8, 4) is 0 Å². The number of aryl methyl sites for hydroxylation is 1. The van der Waals surface area contributed by atoms with Crippen LogP contribution in [0.3, 0.4) is 0 Å². The number of halogens is 1. The summed E-state index contributed by atoms with van der Waals surface area (Å²) in [5.74, 6) is -0.356. The predicted octanol–water partition coefficient (Wildman–Crippen LogP) is 6.30. The van der Waals surface area contributed by atoms with Crippen LogP contribution in [0.4, 0.5) is 5.13 Å². The average molecular weight is 494 g/mol. The van der Waals surface area contributed by atoms with Crippen LogP contribution in [0.2, 0.25) is 5.02 Å². The molecule has 174 valence electrons. The highest BCUT2D eigenvalue weighted by Gasteiger charge is 2.45. The maximum atomic E-state index is 13.7. The molecule has 0 fully saturated rings. The van der Waals surface area contributed by atoms with Crippen LogP contribution in [0.25, 0.3) is 11.0 Å². The Morgan fingerprint density at radius 3 is 2.50 bits per heavy atom. The van der Waals surface area contributed by atoms with E-state index in [1.807, 2.05) is 24.3 Å². The third-order valence-corrected chi connectivity index (χ3v) is 7.27. The van der Waals surface area contributed by atoms with Gasteiger partial charge in [0.2, 0.25) is 10.9 Å². The normalized spacial score (nSPS) is 15.9. The van der Waals surface area contributed by atoms with Gasteiger partial charge in [-0.1, -0.05) is 74.9 Å². The summed E-state index contributed by atoms with van der Waals surface area (Å²) >= 11 is 7.53. The van der Waals surface area contributed by atoms with Gasteiger partial charge in [-0.25, -0.2) is 0 Å². The van der Waals surface area contributed by atoms with Gasteiger partial charge in [-0.15, -0.1) is 10.2 Å². The van der Waals surface area contributed by atoms with Crippen LogP contribution in [0.1, 0.15) is 72.4 Å². The van der Waals surface area contributed by atoms with Crippen LogP contribution in [-0.4, -0.2) is 16.1 Å². The summed E-state index contributed by atoms with van der Waals surface area (Å²) in [7, 11) is 0. The summed E-state index contributed by atoms with van der Waals surface area (Å²) in [6, 6.07) is 12.2. The molecule has 34 heavy (non-hydrogen) atoms. The van der Waals surface area contributed by atoms with E-state index < -0.39 is 11.9 Å². The number of carbonyl (C=O) groups is 1. The minimum absolute atomic E-state index is 0.0259. The van der Waals surface area contributed by atoms with E-state index in [0.29, 0.717) is 26.7 Å². The third-order valence-electron chi connectivity index (χ3n) is 6.05. The number of carbonyl (C=O) groups excluding carboxylic acids is 1. The van der Waals surface area contributed by atoms with Crippen LogP contribution < -0.4 is 10.3 Å². The molecular weight excluding hydrogens is 470 g/mol. The lowest BCUT2D eigenvalue weighted by atomic mass is 9.86. The molecule has 3 heterocycles. The monoisotopic (exact) mass is 493 g/mol. The van der Waals surface area contributed by atoms with Gasteiger partial charge in [0.15, 0.2) is 5.43 Å². The van der Waals surface area contributed by atoms with Gasteiger partial charge in [0, 0.05) is 11.4 Å². The average Bonchev–Trinajstić information content (AvgIpc) is 3.36. The van der Waals surface area contributed by atoms with Crippen molar-refractivity contribution in [3.63, 3.8) is 0 Å². The highest BCUT2D eigenvalue weighted by molar-refractivity contribution is 7.15. The predicted molar refractivity (Wildman–Crippen MR) is 135 cm³/mol. The summed E-state index contributed by atoms with van der Waals surface area (Å²) in [5.41, 5.74) is 2.30. The quantitative estimate of drug-likeness (QED) is 0.333. The minimum atomic E-state index is -0.668. The smallest absolute Gasteiger partial charge is 0.297 e. The zero-order valence-corrected chi connectivity index (χ0v) is 21.0. The number of rotatable bonds is 4. The molecule has 0 saturated carbocycles. The lowest BCUT2D eigenvalue weighted by Gasteiger charge is -2.24. The first-order valence-corrected chi connectivity index (χ1v) is 12.4. The van der Waals surface area contributed by atoms with Crippen LogP contribution in [0.15, 0.2) is 51.7 Å². The van der Waals surface area contributed by atoms with Crippen molar-refractivity contribution in [3.05, 3.63) is 85.2 Å². The van der Waals surface area contributed by atoms with E-state index in [0.717, 1.165) is 29.0 Å². The largest absolute Gasteiger partial charge is 0.450 e. The number of aromatic nitrogens is 2. The van der Waals surface area contributed by atoms with Crippen LogP contribution in [0, 0.1) is 0 Å². The second-order valence-corrected chi connectivity index (χ2v) is 11.0. The van der Waals surface area contributed by atoms with Gasteiger partial charge in [-0.3, -0.25) is 14.5 Å². The number of anilines is 1. The molecule has 1 aliphatic heterocycles. The van der Waals surface area contributed by atoms with Gasteiger partial charge in [0.05, 0.1) is 17.0 Å². The van der Waals surface area contributed by atoms with E-state index in [2.05, 4.69) is 37.9 Å². The third kappa shape index (κ3) is 3.73. The van der Waals surface area contributed by atoms with Gasteiger partial charge in [-0.2, -0.15) is 0 Å². The first-order valence-electron chi connectivity index (χ1n) is 11.2. The maximum Gasteiger partial charge on any atom is 0.297 e.